The molecule has 1 unspecified atom stereocenters. The average Bonchev–Trinajstić information content (AvgIpc) is 3.56. The molecule has 0 radical (unpaired) electrons. The van der Waals surface area contributed by atoms with Gasteiger partial charge in [-0.15, -0.1) is 0 Å². The Morgan fingerprint density at radius 2 is 1.70 bits per heavy atom. The smallest absolute Gasteiger partial charge is 0.408 e. The van der Waals surface area contributed by atoms with Gasteiger partial charge in [0.05, 0.1) is 30.2 Å². The summed E-state index contributed by atoms with van der Waals surface area (Å²) in [5, 5.41) is 10.6. The van der Waals surface area contributed by atoms with E-state index in [1.807, 2.05) is 6.07 Å². The number of fused-ring (bicyclic) bond motifs is 1. The van der Waals surface area contributed by atoms with Crippen molar-refractivity contribution in [3.8, 4) is 0 Å². The van der Waals surface area contributed by atoms with Gasteiger partial charge < -0.3 is 15.4 Å². The van der Waals surface area contributed by atoms with E-state index in [1.165, 1.54) is 0 Å². The van der Waals surface area contributed by atoms with Gasteiger partial charge in [-0.2, -0.15) is 5.10 Å². The molecule has 40 heavy (non-hydrogen) atoms. The fourth-order valence-electron chi connectivity index (χ4n) is 7.01. The van der Waals surface area contributed by atoms with Gasteiger partial charge in [0.15, 0.2) is 5.65 Å². The summed E-state index contributed by atoms with van der Waals surface area (Å²) >= 11 is 0. The van der Waals surface area contributed by atoms with Gasteiger partial charge in [0.25, 0.3) is 0 Å². The highest BCUT2D eigenvalue weighted by Gasteiger charge is 2.69. The Bertz CT molecular complexity index is 1290. The summed E-state index contributed by atoms with van der Waals surface area (Å²) in [5.74, 6) is -2.67. The second-order valence-electron chi connectivity index (χ2n) is 13.8. The maximum Gasteiger partial charge on any atom is 0.408 e. The summed E-state index contributed by atoms with van der Waals surface area (Å²) < 4.78 is 48.8. The molecule has 2 atom stereocenters. The van der Waals surface area contributed by atoms with Gasteiger partial charge in [-0.25, -0.2) is 27.5 Å². The third-order valence-electron chi connectivity index (χ3n) is 8.96. The van der Waals surface area contributed by atoms with E-state index < -0.39 is 29.3 Å². The minimum absolute atomic E-state index is 0.0571. The number of hydrogen-bond acceptors (Lipinski definition) is 5. The van der Waals surface area contributed by atoms with E-state index in [2.05, 4.69) is 15.7 Å². The number of rotatable bonds is 8. The summed E-state index contributed by atoms with van der Waals surface area (Å²) in [5.41, 5.74) is 0.0151. The number of amides is 2. The van der Waals surface area contributed by atoms with Crippen LogP contribution < -0.4 is 10.6 Å². The number of carbonyl (C=O) groups is 2. The van der Waals surface area contributed by atoms with Gasteiger partial charge in [0.2, 0.25) is 11.8 Å². The molecule has 0 saturated heterocycles. The third-order valence-corrected chi connectivity index (χ3v) is 8.96. The van der Waals surface area contributed by atoms with Crippen LogP contribution in [0.3, 0.4) is 0 Å². The Morgan fingerprint density at radius 3 is 2.30 bits per heavy atom. The predicted molar refractivity (Wildman–Crippen MR) is 140 cm³/mol. The van der Waals surface area contributed by atoms with Crippen molar-refractivity contribution >= 4 is 17.6 Å². The highest BCUT2D eigenvalue weighted by atomic mass is 19.3. The molecular formula is C29H38F3N5O3. The van der Waals surface area contributed by atoms with Crippen LogP contribution in [0, 0.1) is 17.3 Å². The van der Waals surface area contributed by atoms with E-state index in [0.717, 1.165) is 18.4 Å². The monoisotopic (exact) mass is 561 g/mol. The van der Waals surface area contributed by atoms with E-state index in [0.29, 0.717) is 42.9 Å². The van der Waals surface area contributed by atoms with E-state index in [4.69, 9.17) is 9.72 Å². The molecule has 0 aromatic carbocycles. The number of alkyl carbamates (subject to hydrolysis) is 1. The van der Waals surface area contributed by atoms with Crippen LogP contribution in [0.5, 0.6) is 0 Å². The molecule has 5 saturated carbocycles. The highest BCUT2D eigenvalue weighted by molar-refractivity contribution is 5.78. The fraction of sp³-hybridized carbons (Fsp3) is 0.724. The van der Waals surface area contributed by atoms with Gasteiger partial charge in [0, 0.05) is 19.3 Å². The third kappa shape index (κ3) is 5.65. The summed E-state index contributed by atoms with van der Waals surface area (Å²) in [6.45, 7) is 5.29. The predicted octanol–water partition coefficient (Wildman–Crippen LogP) is 5.97. The lowest BCUT2D eigenvalue weighted by Crippen LogP contribution is -2.65. The van der Waals surface area contributed by atoms with Crippen LogP contribution in [0.25, 0.3) is 5.65 Å². The second-order valence-corrected chi connectivity index (χ2v) is 13.8. The number of nitrogens with one attached hydrogen (secondary N) is 2. The van der Waals surface area contributed by atoms with Crippen molar-refractivity contribution < 1.29 is 27.5 Å². The van der Waals surface area contributed by atoms with Crippen molar-refractivity contribution in [2.24, 2.45) is 17.3 Å². The normalized spacial score (nSPS) is 29.1. The maximum absolute atomic E-state index is 13.9. The van der Waals surface area contributed by atoms with Gasteiger partial charge in [-0.3, -0.25) is 4.79 Å². The molecular weight excluding hydrogens is 523 g/mol. The van der Waals surface area contributed by atoms with E-state index in [-0.39, 0.29) is 49.0 Å². The largest absolute Gasteiger partial charge is 0.444 e. The molecule has 2 amide bonds. The first-order chi connectivity index (χ1) is 18.7. The Kier molecular flexibility index (Phi) is 6.38. The van der Waals surface area contributed by atoms with Crippen molar-refractivity contribution in [2.45, 2.75) is 114 Å². The molecule has 2 aromatic heterocycles. The number of nitrogens with zero attached hydrogens (tertiary/aromatic N) is 3. The summed E-state index contributed by atoms with van der Waals surface area (Å²) in [6, 6.07) is 1.08. The SMILES string of the molecule is CC(C)(C)OC(=O)N[C@H](c1cn2ncc(C(NC(=O)C[C@]34C[C@@](F)(C3)C4)C3CC3)cc2n1)C1CCC(F)(F)CC1. The molecule has 0 aliphatic heterocycles. The maximum atomic E-state index is 13.9. The first-order valence-corrected chi connectivity index (χ1v) is 14.4. The van der Waals surface area contributed by atoms with Crippen LogP contribution >= 0.6 is 0 Å². The number of ether oxygens (including phenoxy) is 1. The average molecular weight is 562 g/mol. The molecule has 5 aliphatic rings. The molecule has 7 rings (SSSR count). The second kappa shape index (κ2) is 9.34. The number of hydrogen-bond donors (Lipinski definition) is 2. The lowest BCUT2D eigenvalue weighted by Gasteiger charge is -2.65. The number of alkyl halides is 3. The zero-order valence-electron chi connectivity index (χ0n) is 23.3. The standard InChI is InChI=1S/C29H38F3N5O3/c1-26(2,3)40-25(39)36-24(18-6-8-29(31,32)9-7-18)20-13-37-21(34-20)10-19(12-33-37)23(17-4-5-17)35-22(38)11-27-14-28(30,15-27)16-27/h10,12-13,17-18,23-24H,4-9,11,14-16H2,1-3H3,(H,35,38)(H,36,39)/t23?,24-,27-,28+/m0/s1. The fourth-order valence-corrected chi connectivity index (χ4v) is 7.01. The zero-order chi connectivity index (χ0) is 28.5. The van der Waals surface area contributed by atoms with Crippen LogP contribution in [0.2, 0.25) is 0 Å². The van der Waals surface area contributed by atoms with E-state index in [1.54, 1.807) is 37.7 Å². The Balaban J connectivity index is 1.21. The van der Waals surface area contributed by atoms with Crippen LogP contribution in [-0.2, 0) is 9.53 Å². The number of imidazole rings is 1. The van der Waals surface area contributed by atoms with Crippen LogP contribution in [0.15, 0.2) is 18.5 Å². The quantitative estimate of drug-likeness (QED) is 0.414. The Hall–Kier alpha value is -2.85. The van der Waals surface area contributed by atoms with Crippen LogP contribution in [0.1, 0.15) is 108 Å². The summed E-state index contributed by atoms with van der Waals surface area (Å²) in [7, 11) is 0. The van der Waals surface area contributed by atoms with E-state index in [9.17, 15) is 22.8 Å². The van der Waals surface area contributed by atoms with Gasteiger partial charge >= 0.3 is 6.09 Å². The van der Waals surface area contributed by atoms with E-state index >= 15 is 0 Å². The van der Waals surface area contributed by atoms with Crippen molar-refractivity contribution in [1.29, 1.82) is 0 Å². The summed E-state index contributed by atoms with van der Waals surface area (Å²) in [6.07, 6.45) is 6.66. The molecule has 11 heteroatoms. The highest BCUT2D eigenvalue weighted by Crippen LogP contribution is 2.71. The molecule has 218 valence electrons. The van der Waals surface area contributed by atoms with Crippen molar-refractivity contribution in [3.05, 3.63) is 29.7 Å². The Morgan fingerprint density at radius 1 is 1.05 bits per heavy atom. The molecule has 2 heterocycles. The molecule has 5 fully saturated rings. The molecule has 2 N–H and O–H groups in total. The van der Waals surface area contributed by atoms with Crippen molar-refractivity contribution in [3.63, 3.8) is 0 Å². The molecule has 2 bridgehead atoms. The lowest BCUT2D eigenvalue weighted by atomic mass is 9.41. The van der Waals surface area contributed by atoms with Crippen LogP contribution in [-0.4, -0.2) is 43.8 Å². The molecule has 8 nitrogen and oxygen atoms in total. The molecule has 0 spiro atoms. The van der Waals surface area contributed by atoms with Gasteiger partial charge in [0.1, 0.15) is 11.3 Å². The van der Waals surface area contributed by atoms with Crippen molar-refractivity contribution in [2.75, 3.05) is 0 Å². The molecule has 2 aromatic rings. The minimum Gasteiger partial charge on any atom is -0.444 e. The number of carbonyl (C=O) groups excluding carboxylic acids is 2. The van der Waals surface area contributed by atoms with Gasteiger partial charge in [-0.1, -0.05) is 0 Å². The van der Waals surface area contributed by atoms with Gasteiger partial charge in [-0.05, 0) is 94.6 Å². The first-order valence-electron chi connectivity index (χ1n) is 14.4. The molecule has 5 aliphatic carbocycles. The zero-order valence-corrected chi connectivity index (χ0v) is 23.3. The number of aromatic nitrogens is 3. The summed E-state index contributed by atoms with van der Waals surface area (Å²) in [4.78, 5) is 30.4. The number of halogens is 3. The minimum atomic E-state index is -2.70. The van der Waals surface area contributed by atoms with Crippen LogP contribution in [0.4, 0.5) is 18.0 Å². The van der Waals surface area contributed by atoms with Crippen molar-refractivity contribution in [1.82, 2.24) is 25.2 Å². The lowest BCUT2D eigenvalue weighted by molar-refractivity contribution is -0.215. The Labute approximate surface area is 231 Å². The first kappa shape index (κ1) is 27.3. The topological polar surface area (TPSA) is 97.6 Å².